The molecule has 0 radical (unpaired) electrons. The average molecular weight is 283 g/mol. The Balaban J connectivity index is 2.08. The molecule has 21 heavy (non-hydrogen) atoms. The van der Waals surface area contributed by atoms with Gasteiger partial charge in [0.05, 0.1) is 0 Å². The summed E-state index contributed by atoms with van der Waals surface area (Å²) in [6, 6.07) is 11.9. The minimum absolute atomic E-state index is 0.166. The highest BCUT2D eigenvalue weighted by molar-refractivity contribution is 6.03. The van der Waals surface area contributed by atoms with Gasteiger partial charge in [0.2, 0.25) is 0 Å². The molecule has 0 bridgehead atoms. The highest BCUT2D eigenvalue weighted by atomic mass is 16.1. The maximum Gasteiger partial charge on any atom is 0.251 e. The number of carbonyl (C=O) groups excluding carboxylic acids is 1. The molecular formula is C15H17N5O. The van der Waals surface area contributed by atoms with Crippen LogP contribution in [0.1, 0.15) is 21.5 Å². The van der Waals surface area contributed by atoms with Gasteiger partial charge in [-0.25, -0.2) is 0 Å². The van der Waals surface area contributed by atoms with Gasteiger partial charge in [0.15, 0.2) is 0 Å². The number of hydrogen-bond donors (Lipinski definition) is 5. The van der Waals surface area contributed by atoms with Gasteiger partial charge in [-0.05, 0) is 35.9 Å². The van der Waals surface area contributed by atoms with Crippen molar-refractivity contribution in [1.29, 1.82) is 5.41 Å². The molecule has 0 fully saturated rings. The zero-order chi connectivity index (χ0) is 15.4. The van der Waals surface area contributed by atoms with E-state index < -0.39 is 0 Å². The van der Waals surface area contributed by atoms with E-state index in [1.165, 1.54) is 6.07 Å². The first-order valence-electron chi connectivity index (χ1n) is 6.34. The third kappa shape index (κ3) is 3.50. The van der Waals surface area contributed by atoms with Crippen molar-refractivity contribution in [3.63, 3.8) is 0 Å². The number of amides is 1. The number of nitrogens with two attached hydrogens (primary N) is 3. The van der Waals surface area contributed by atoms with Crippen LogP contribution in [0.2, 0.25) is 0 Å². The van der Waals surface area contributed by atoms with E-state index in [9.17, 15) is 4.79 Å². The van der Waals surface area contributed by atoms with E-state index in [4.69, 9.17) is 22.6 Å². The summed E-state index contributed by atoms with van der Waals surface area (Å²) in [5, 5.41) is 10.2. The van der Waals surface area contributed by atoms with E-state index in [1.807, 2.05) is 12.1 Å². The number of hydrogen-bond acceptors (Lipinski definition) is 4. The molecule has 2 rings (SSSR count). The molecule has 0 aliphatic rings. The fraction of sp³-hybridized carbons (Fsp3) is 0.0667. The predicted molar refractivity (Wildman–Crippen MR) is 83.9 cm³/mol. The molecule has 0 aliphatic heterocycles. The van der Waals surface area contributed by atoms with Crippen molar-refractivity contribution >= 4 is 23.1 Å². The third-order valence-electron chi connectivity index (χ3n) is 3.04. The second-order valence-electron chi connectivity index (χ2n) is 4.64. The number of amidine groups is 1. The van der Waals surface area contributed by atoms with Crippen LogP contribution < -0.4 is 22.5 Å². The molecule has 0 heterocycles. The van der Waals surface area contributed by atoms with Crippen LogP contribution in [0.5, 0.6) is 0 Å². The Morgan fingerprint density at radius 1 is 1.10 bits per heavy atom. The summed E-state index contributed by atoms with van der Waals surface area (Å²) in [7, 11) is 0. The van der Waals surface area contributed by atoms with Gasteiger partial charge in [-0.15, -0.1) is 0 Å². The Morgan fingerprint density at radius 2 is 1.76 bits per heavy atom. The molecule has 0 aliphatic carbocycles. The second kappa shape index (κ2) is 5.96. The number of nitrogens with one attached hydrogen (secondary N) is 2. The fourth-order valence-electron chi connectivity index (χ4n) is 1.85. The Bertz CT molecular complexity index is 679. The summed E-state index contributed by atoms with van der Waals surface area (Å²) < 4.78 is 0. The minimum Gasteiger partial charge on any atom is -0.399 e. The predicted octanol–water partition coefficient (Wildman–Crippen LogP) is 1.07. The van der Waals surface area contributed by atoms with Crippen LogP contribution in [0, 0.1) is 5.41 Å². The maximum absolute atomic E-state index is 12.1. The van der Waals surface area contributed by atoms with Crippen LogP contribution in [-0.4, -0.2) is 11.7 Å². The van der Waals surface area contributed by atoms with Crippen LogP contribution in [-0.2, 0) is 6.54 Å². The first-order chi connectivity index (χ1) is 9.97. The lowest BCUT2D eigenvalue weighted by Gasteiger charge is -2.09. The summed E-state index contributed by atoms with van der Waals surface area (Å²) in [5.41, 5.74) is 19.5. The molecule has 0 spiro atoms. The van der Waals surface area contributed by atoms with E-state index in [1.54, 1.807) is 24.3 Å². The molecule has 0 unspecified atom stereocenters. The number of nitrogen functional groups attached to an aromatic ring is 3. The SMILES string of the molecule is N=C(N)c1cc(C(=O)NCc2ccc(N)cc2)ccc1N. The molecule has 6 nitrogen and oxygen atoms in total. The highest BCUT2D eigenvalue weighted by Gasteiger charge is 2.10. The van der Waals surface area contributed by atoms with Crippen LogP contribution >= 0.6 is 0 Å². The lowest BCUT2D eigenvalue weighted by Crippen LogP contribution is -2.23. The third-order valence-corrected chi connectivity index (χ3v) is 3.04. The molecule has 6 heteroatoms. The first kappa shape index (κ1) is 14.4. The zero-order valence-corrected chi connectivity index (χ0v) is 11.4. The zero-order valence-electron chi connectivity index (χ0n) is 11.4. The van der Waals surface area contributed by atoms with Gasteiger partial charge >= 0.3 is 0 Å². The van der Waals surface area contributed by atoms with Crippen molar-refractivity contribution in [1.82, 2.24) is 5.32 Å². The van der Waals surface area contributed by atoms with Crippen LogP contribution in [0.4, 0.5) is 11.4 Å². The lowest BCUT2D eigenvalue weighted by molar-refractivity contribution is 0.0951. The highest BCUT2D eigenvalue weighted by Crippen LogP contribution is 2.14. The summed E-state index contributed by atoms with van der Waals surface area (Å²) in [6.45, 7) is 0.388. The van der Waals surface area contributed by atoms with E-state index in [-0.39, 0.29) is 11.7 Å². The average Bonchev–Trinajstić information content (AvgIpc) is 2.46. The summed E-state index contributed by atoms with van der Waals surface area (Å²) in [6.07, 6.45) is 0. The number of benzene rings is 2. The van der Waals surface area contributed by atoms with Crippen molar-refractivity contribution < 1.29 is 4.79 Å². The van der Waals surface area contributed by atoms with E-state index in [0.29, 0.717) is 29.0 Å². The van der Waals surface area contributed by atoms with Crippen molar-refractivity contribution in [3.05, 3.63) is 59.2 Å². The molecule has 108 valence electrons. The molecule has 0 aromatic heterocycles. The van der Waals surface area contributed by atoms with Crippen molar-refractivity contribution in [2.24, 2.45) is 5.73 Å². The molecule has 2 aromatic carbocycles. The van der Waals surface area contributed by atoms with Gasteiger partial charge in [-0.2, -0.15) is 0 Å². The Morgan fingerprint density at radius 3 is 2.38 bits per heavy atom. The standard InChI is InChI=1S/C15H17N5O/c16-11-4-1-9(2-5-11)8-20-15(21)10-3-6-13(17)12(7-10)14(18)19/h1-7H,8,16-17H2,(H3,18,19)(H,20,21). The number of carbonyl (C=O) groups is 1. The van der Waals surface area contributed by atoms with Crippen molar-refractivity contribution in [2.75, 3.05) is 11.5 Å². The summed E-state index contributed by atoms with van der Waals surface area (Å²) in [4.78, 5) is 12.1. The van der Waals surface area contributed by atoms with Gasteiger partial charge in [0.25, 0.3) is 5.91 Å². The Labute approximate surface area is 122 Å². The molecule has 0 saturated carbocycles. The fourth-order valence-corrected chi connectivity index (χ4v) is 1.85. The summed E-state index contributed by atoms with van der Waals surface area (Å²) >= 11 is 0. The number of anilines is 2. The topological polar surface area (TPSA) is 131 Å². The molecule has 8 N–H and O–H groups in total. The monoisotopic (exact) mass is 283 g/mol. The van der Waals surface area contributed by atoms with Crippen molar-refractivity contribution in [3.8, 4) is 0 Å². The molecule has 0 atom stereocenters. The van der Waals surface area contributed by atoms with E-state index in [0.717, 1.165) is 5.56 Å². The molecule has 2 aromatic rings. The van der Waals surface area contributed by atoms with E-state index in [2.05, 4.69) is 5.32 Å². The Kier molecular flexibility index (Phi) is 4.08. The lowest BCUT2D eigenvalue weighted by atomic mass is 10.1. The minimum atomic E-state index is -0.255. The van der Waals surface area contributed by atoms with Crippen LogP contribution in [0.15, 0.2) is 42.5 Å². The Hall–Kier alpha value is -3.02. The normalized spacial score (nSPS) is 10.1. The van der Waals surface area contributed by atoms with Gasteiger partial charge in [-0.3, -0.25) is 10.2 Å². The van der Waals surface area contributed by atoms with E-state index >= 15 is 0 Å². The second-order valence-corrected chi connectivity index (χ2v) is 4.64. The smallest absolute Gasteiger partial charge is 0.251 e. The van der Waals surface area contributed by atoms with Crippen LogP contribution in [0.3, 0.4) is 0 Å². The summed E-state index contributed by atoms with van der Waals surface area (Å²) in [5.74, 6) is -0.421. The largest absolute Gasteiger partial charge is 0.399 e. The van der Waals surface area contributed by atoms with Crippen molar-refractivity contribution in [2.45, 2.75) is 6.54 Å². The van der Waals surface area contributed by atoms with Gasteiger partial charge in [0, 0.05) is 29.0 Å². The molecular weight excluding hydrogens is 266 g/mol. The van der Waals surface area contributed by atoms with Gasteiger partial charge in [0.1, 0.15) is 5.84 Å². The maximum atomic E-state index is 12.1. The quantitative estimate of drug-likeness (QED) is 0.326. The van der Waals surface area contributed by atoms with Crippen LogP contribution in [0.25, 0.3) is 0 Å². The number of rotatable bonds is 4. The first-order valence-corrected chi connectivity index (χ1v) is 6.34. The van der Waals surface area contributed by atoms with Gasteiger partial charge < -0.3 is 22.5 Å². The molecule has 1 amide bonds. The van der Waals surface area contributed by atoms with Gasteiger partial charge in [-0.1, -0.05) is 12.1 Å². The molecule has 0 saturated heterocycles.